The smallest absolute Gasteiger partial charge is 0.271 e. The van der Waals surface area contributed by atoms with Crippen LogP contribution in [0.25, 0.3) is 0 Å². The van der Waals surface area contributed by atoms with Crippen LogP contribution in [-0.4, -0.2) is 16.3 Å². The lowest BCUT2D eigenvalue weighted by Gasteiger charge is -2.11. The molecular weight excluding hydrogens is 419 g/mol. The van der Waals surface area contributed by atoms with E-state index in [9.17, 15) is 4.79 Å². The number of halogens is 2. The van der Waals surface area contributed by atoms with E-state index in [2.05, 4.69) is 14.7 Å². The van der Waals surface area contributed by atoms with Crippen molar-refractivity contribution in [3.05, 3.63) is 68.4 Å². The molecule has 0 saturated heterocycles. The molecule has 0 radical (unpaired) electrons. The van der Waals surface area contributed by atoms with Gasteiger partial charge in [0.25, 0.3) is 5.56 Å². The summed E-state index contributed by atoms with van der Waals surface area (Å²) in [6.07, 6.45) is 0. The fourth-order valence-electron chi connectivity index (χ4n) is 2.39. The number of anilines is 2. The molecule has 0 unspecified atom stereocenters. The molecule has 0 aliphatic rings. The molecule has 0 saturated carbocycles. The number of hydrogen-bond donors (Lipinski definition) is 3. The molecular formula is C19H18Cl2N4O2S. The first-order chi connectivity index (χ1) is 13.3. The minimum atomic E-state index is -0.289. The van der Waals surface area contributed by atoms with Crippen LogP contribution in [0.1, 0.15) is 19.4 Å². The van der Waals surface area contributed by atoms with E-state index >= 15 is 0 Å². The zero-order valence-corrected chi connectivity index (χ0v) is 17.5. The summed E-state index contributed by atoms with van der Waals surface area (Å²) in [6.45, 7) is 3.78. The Kier molecular flexibility index (Phi) is 6.28. The quantitative estimate of drug-likeness (QED) is 0.356. The van der Waals surface area contributed by atoms with E-state index in [1.807, 2.05) is 13.8 Å². The van der Waals surface area contributed by atoms with Gasteiger partial charge in [-0.15, -0.1) is 0 Å². The third-order valence-corrected chi connectivity index (χ3v) is 4.93. The monoisotopic (exact) mass is 436 g/mol. The van der Waals surface area contributed by atoms with Gasteiger partial charge in [0.15, 0.2) is 0 Å². The molecule has 9 heteroatoms. The van der Waals surface area contributed by atoms with E-state index in [4.69, 9.17) is 33.7 Å². The van der Waals surface area contributed by atoms with E-state index < -0.39 is 0 Å². The Bertz CT molecular complexity index is 1060. The average molecular weight is 437 g/mol. The number of ether oxygens (including phenoxy) is 1. The standard InChI is InChI=1S/C19H18Cl2N4O2S/c1-10(2)23-17(22)16-18(26)25-28-19(16)24-12-5-8-15(14(21)9-12)27-13-6-3-11(20)4-7-13/h3-10,24H,1-2H3,(H2,22,23)(H,25,26). The van der Waals surface area contributed by atoms with Crippen molar-refractivity contribution in [2.45, 2.75) is 19.9 Å². The number of aromatic amines is 1. The topological polar surface area (TPSA) is 92.5 Å². The van der Waals surface area contributed by atoms with Crippen molar-refractivity contribution in [2.24, 2.45) is 10.7 Å². The number of aromatic nitrogens is 1. The minimum absolute atomic E-state index is 0.0223. The maximum absolute atomic E-state index is 12.1. The van der Waals surface area contributed by atoms with Crippen LogP contribution in [0.5, 0.6) is 11.5 Å². The summed E-state index contributed by atoms with van der Waals surface area (Å²) in [6, 6.07) is 12.2. The highest BCUT2D eigenvalue weighted by Gasteiger charge is 2.16. The van der Waals surface area contributed by atoms with Gasteiger partial charge in [-0.05, 0) is 67.8 Å². The summed E-state index contributed by atoms with van der Waals surface area (Å²) in [5.74, 6) is 1.31. The summed E-state index contributed by atoms with van der Waals surface area (Å²) >= 11 is 13.4. The SMILES string of the molecule is CC(C)N=C(N)c1c(Nc2ccc(Oc3ccc(Cl)cc3)c(Cl)c2)s[nH]c1=O. The van der Waals surface area contributed by atoms with E-state index in [0.29, 0.717) is 37.8 Å². The Morgan fingerprint density at radius 2 is 1.93 bits per heavy atom. The van der Waals surface area contributed by atoms with Gasteiger partial charge in [0.05, 0.1) is 5.02 Å². The predicted molar refractivity (Wildman–Crippen MR) is 117 cm³/mol. The number of H-pyrrole nitrogens is 1. The second-order valence-electron chi connectivity index (χ2n) is 6.17. The molecule has 6 nitrogen and oxygen atoms in total. The molecule has 1 heterocycles. The summed E-state index contributed by atoms with van der Waals surface area (Å²) in [7, 11) is 0. The Morgan fingerprint density at radius 1 is 1.21 bits per heavy atom. The van der Waals surface area contributed by atoms with Crippen molar-refractivity contribution in [1.82, 2.24) is 4.37 Å². The molecule has 28 heavy (non-hydrogen) atoms. The zero-order valence-electron chi connectivity index (χ0n) is 15.1. The highest BCUT2D eigenvalue weighted by Crippen LogP contribution is 2.33. The predicted octanol–water partition coefficient (Wildman–Crippen LogP) is 5.39. The normalized spacial score (nSPS) is 11.7. The van der Waals surface area contributed by atoms with Crippen LogP contribution >= 0.6 is 34.7 Å². The van der Waals surface area contributed by atoms with E-state index in [0.717, 1.165) is 11.5 Å². The molecule has 0 fully saturated rings. The number of nitrogens with one attached hydrogen (secondary N) is 2. The first kappa shape index (κ1) is 20.3. The van der Waals surface area contributed by atoms with Crippen LogP contribution in [0, 0.1) is 0 Å². The number of nitrogens with zero attached hydrogens (tertiary/aromatic N) is 1. The number of rotatable bonds is 6. The molecule has 3 rings (SSSR count). The molecule has 0 aliphatic carbocycles. The molecule has 2 aromatic carbocycles. The van der Waals surface area contributed by atoms with Crippen molar-refractivity contribution >= 4 is 51.3 Å². The molecule has 0 aliphatic heterocycles. The largest absolute Gasteiger partial charge is 0.456 e. The molecule has 4 N–H and O–H groups in total. The summed E-state index contributed by atoms with van der Waals surface area (Å²) in [5.41, 5.74) is 6.70. The van der Waals surface area contributed by atoms with Gasteiger partial charge in [0, 0.05) is 16.8 Å². The van der Waals surface area contributed by atoms with Gasteiger partial charge in [-0.1, -0.05) is 23.2 Å². The second kappa shape index (κ2) is 8.68. The highest BCUT2D eigenvalue weighted by atomic mass is 35.5. The summed E-state index contributed by atoms with van der Waals surface area (Å²) < 4.78 is 8.44. The Hall–Kier alpha value is -2.48. The van der Waals surface area contributed by atoms with Crippen LogP contribution in [-0.2, 0) is 0 Å². The number of amidine groups is 1. The van der Waals surface area contributed by atoms with Crippen LogP contribution in [0.15, 0.2) is 52.3 Å². The third kappa shape index (κ3) is 4.86. The van der Waals surface area contributed by atoms with Gasteiger partial charge in [0.1, 0.15) is 27.9 Å². The molecule has 0 amide bonds. The van der Waals surface area contributed by atoms with E-state index in [1.54, 1.807) is 42.5 Å². The van der Waals surface area contributed by atoms with Gasteiger partial charge < -0.3 is 15.8 Å². The Labute approximate surface area is 176 Å². The zero-order chi connectivity index (χ0) is 20.3. The van der Waals surface area contributed by atoms with Crippen molar-refractivity contribution in [3.8, 4) is 11.5 Å². The minimum Gasteiger partial charge on any atom is -0.456 e. The van der Waals surface area contributed by atoms with Gasteiger partial charge in [-0.3, -0.25) is 14.2 Å². The second-order valence-corrected chi connectivity index (χ2v) is 7.83. The van der Waals surface area contributed by atoms with Gasteiger partial charge in [-0.25, -0.2) is 0 Å². The van der Waals surface area contributed by atoms with Crippen molar-refractivity contribution in [1.29, 1.82) is 0 Å². The summed E-state index contributed by atoms with van der Waals surface area (Å²) in [5, 5.41) is 4.76. The molecule has 0 atom stereocenters. The first-order valence-corrected chi connectivity index (χ1v) is 9.96. The molecule has 1 aromatic heterocycles. The number of hydrogen-bond acceptors (Lipinski definition) is 5. The van der Waals surface area contributed by atoms with Gasteiger partial charge in [-0.2, -0.15) is 0 Å². The van der Waals surface area contributed by atoms with Crippen molar-refractivity contribution < 1.29 is 4.74 Å². The molecule has 3 aromatic rings. The van der Waals surface area contributed by atoms with Gasteiger partial charge >= 0.3 is 0 Å². The van der Waals surface area contributed by atoms with Crippen LogP contribution in [0.4, 0.5) is 10.7 Å². The maximum Gasteiger partial charge on any atom is 0.271 e. The maximum atomic E-state index is 12.1. The van der Waals surface area contributed by atoms with E-state index in [1.165, 1.54) is 0 Å². The fraction of sp³-hybridized carbons (Fsp3) is 0.158. The molecule has 146 valence electrons. The fourth-order valence-corrected chi connectivity index (χ4v) is 3.50. The first-order valence-electron chi connectivity index (χ1n) is 8.38. The lowest BCUT2D eigenvalue weighted by atomic mass is 10.2. The Morgan fingerprint density at radius 3 is 2.57 bits per heavy atom. The highest BCUT2D eigenvalue weighted by molar-refractivity contribution is 7.10. The van der Waals surface area contributed by atoms with Crippen LogP contribution in [0.3, 0.4) is 0 Å². The molecule has 0 spiro atoms. The number of aliphatic imine (C=N–C) groups is 1. The third-order valence-electron chi connectivity index (χ3n) is 3.58. The summed E-state index contributed by atoms with van der Waals surface area (Å²) in [4.78, 5) is 16.4. The molecule has 0 bridgehead atoms. The Balaban J connectivity index is 1.82. The average Bonchev–Trinajstić information content (AvgIpc) is 2.99. The van der Waals surface area contributed by atoms with Crippen molar-refractivity contribution in [2.75, 3.05) is 5.32 Å². The number of benzene rings is 2. The number of nitrogens with two attached hydrogens (primary N) is 1. The lowest BCUT2D eigenvalue weighted by Crippen LogP contribution is -2.23. The van der Waals surface area contributed by atoms with E-state index in [-0.39, 0.29) is 17.4 Å². The lowest BCUT2D eigenvalue weighted by molar-refractivity contribution is 0.483. The van der Waals surface area contributed by atoms with Crippen LogP contribution in [0.2, 0.25) is 10.0 Å². The van der Waals surface area contributed by atoms with Crippen molar-refractivity contribution in [3.63, 3.8) is 0 Å². The van der Waals surface area contributed by atoms with Gasteiger partial charge in [0.2, 0.25) is 0 Å². The van der Waals surface area contributed by atoms with Crippen LogP contribution < -0.4 is 21.3 Å².